The van der Waals surface area contributed by atoms with Crippen molar-refractivity contribution in [3.63, 3.8) is 0 Å². The fraction of sp³-hybridized carbons (Fsp3) is 0.0769. The quantitative estimate of drug-likeness (QED) is 0.849. The third-order valence-electron chi connectivity index (χ3n) is 2.49. The van der Waals surface area contributed by atoms with Crippen molar-refractivity contribution in [3.8, 4) is 6.07 Å². The molecule has 0 N–H and O–H groups in total. The molecule has 84 valence electrons. The van der Waals surface area contributed by atoms with E-state index in [0.717, 1.165) is 15.8 Å². The molecule has 0 aliphatic carbocycles. The number of hydrogen-bond acceptors (Lipinski definition) is 3. The monoisotopic (exact) mass is 287 g/mol. The number of nitriles is 1. The maximum Gasteiger partial charge on any atom is 0.100 e. The molecule has 0 amide bonds. The summed E-state index contributed by atoms with van der Waals surface area (Å²) in [6.07, 6.45) is 3.54. The second-order valence-electron chi connectivity index (χ2n) is 3.55. The Balaban J connectivity index is 2.36. The third-order valence-corrected chi connectivity index (χ3v) is 3.15. The predicted octanol–water partition coefficient (Wildman–Crippen LogP) is 3.48. The first-order valence-electron chi connectivity index (χ1n) is 5.06. The normalized spacial score (nSPS) is 9.71. The van der Waals surface area contributed by atoms with Gasteiger partial charge in [-0.3, -0.25) is 4.98 Å². The van der Waals surface area contributed by atoms with E-state index in [1.807, 2.05) is 36.2 Å². The Morgan fingerprint density at radius 3 is 2.71 bits per heavy atom. The van der Waals surface area contributed by atoms with Gasteiger partial charge in [0, 0.05) is 23.4 Å². The van der Waals surface area contributed by atoms with Crippen molar-refractivity contribution >= 4 is 27.3 Å². The highest BCUT2D eigenvalue weighted by molar-refractivity contribution is 9.10. The van der Waals surface area contributed by atoms with Gasteiger partial charge in [-0.25, -0.2) is 0 Å². The molecule has 0 saturated carbocycles. The number of halogens is 1. The third kappa shape index (κ3) is 2.45. The van der Waals surface area contributed by atoms with E-state index < -0.39 is 0 Å². The van der Waals surface area contributed by atoms with Crippen molar-refractivity contribution in [2.24, 2.45) is 0 Å². The summed E-state index contributed by atoms with van der Waals surface area (Å²) < 4.78 is 0.799. The molecule has 0 atom stereocenters. The lowest BCUT2D eigenvalue weighted by Crippen LogP contribution is -2.09. The maximum absolute atomic E-state index is 8.86. The number of rotatable bonds is 2. The van der Waals surface area contributed by atoms with Crippen molar-refractivity contribution in [1.29, 1.82) is 5.26 Å². The highest BCUT2D eigenvalue weighted by atomic mass is 79.9. The van der Waals surface area contributed by atoms with Crippen LogP contribution >= 0.6 is 15.9 Å². The topological polar surface area (TPSA) is 39.9 Å². The molecule has 1 aromatic carbocycles. The van der Waals surface area contributed by atoms with E-state index in [0.29, 0.717) is 5.56 Å². The Kier molecular flexibility index (Phi) is 3.40. The summed E-state index contributed by atoms with van der Waals surface area (Å²) in [6.45, 7) is 0. The molecule has 2 rings (SSSR count). The van der Waals surface area contributed by atoms with Crippen LogP contribution in [0.2, 0.25) is 0 Å². The minimum atomic E-state index is 0.633. The van der Waals surface area contributed by atoms with Crippen molar-refractivity contribution in [2.75, 3.05) is 11.9 Å². The molecule has 3 nitrogen and oxygen atoms in total. The zero-order valence-corrected chi connectivity index (χ0v) is 10.8. The molecule has 0 fully saturated rings. The van der Waals surface area contributed by atoms with Crippen LogP contribution in [0.3, 0.4) is 0 Å². The van der Waals surface area contributed by atoms with Gasteiger partial charge in [0.25, 0.3) is 0 Å². The second kappa shape index (κ2) is 4.98. The molecule has 4 heteroatoms. The van der Waals surface area contributed by atoms with E-state index in [-0.39, 0.29) is 0 Å². The molecule has 0 radical (unpaired) electrons. The van der Waals surface area contributed by atoms with Gasteiger partial charge in [0.1, 0.15) is 6.07 Å². The Bertz CT molecular complexity index is 561. The molecular weight excluding hydrogens is 278 g/mol. The van der Waals surface area contributed by atoms with Gasteiger partial charge in [0.2, 0.25) is 0 Å². The number of pyridine rings is 1. The summed E-state index contributed by atoms with van der Waals surface area (Å²) in [4.78, 5) is 6.09. The molecular formula is C13H10BrN3. The van der Waals surface area contributed by atoms with Crippen LogP contribution in [0.1, 0.15) is 5.56 Å². The SMILES string of the molecule is CN(c1cccnc1)c1ccc(C#N)c(Br)c1. The van der Waals surface area contributed by atoms with Gasteiger partial charge in [-0.2, -0.15) is 5.26 Å². The van der Waals surface area contributed by atoms with E-state index >= 15 is 0 Å². The highest BCUT2D eigenvalue weighted by Crippen LogP contribution is 2.27. The standard InChI is InChI=1S/C13H10BrN3/c1-17(12-3-2-6-16-9-12)11-5-4-10(8-15)13(14)7-11/h2-7,9H,1H3. The van der Waals surface area contributed by atoms with Crippen LogP contribution in [0.5, 0.6) is 0 Å². The molecule has 0 aliphatic rings. The van der Waals surface area contributed by atoms with E-state index in [2.05, 4.69) is 27.0 Å². The van der Waals surface area contributed by atoms with Crippen LogP contribution in [-0.4, -0.2) is 12.0 Å². The molecule has 1 heterocycles. The maximum atomic E-state index is 8.86. The lowest BCUT2D eigenvalue weighted by molar-refractivity contribution is 1.17. The summed E-state index contributed by atoms with van der Waals surface area (Å²) in [5.41, 5.74) is 2.64. The van der Waals surface area contributed by atoms with Crippen LogP contribution in [0.15, 0.2) is 47.2 Å². The van der Waals surface area contributed by atoms with Crippen LogP contribution in [0.4, 0.5) is 11.4 Å². The van der Waals surface area contributed by atoms with Gasteiger partial charge in [-0.1, -0.05) is 0 Å². The van der Waals surface area contributed by atoms with Crippen LogP contribution in [-0.2, 0) is 0 Å². The molecule has 0 spiro atoms. The highest BCUT2D eigenvalue weighted by Gasteiger charge is 2.06. The smallest absolute Gasteiger partial charge is 0.100 e. The lowest BCUT2D eigenvalue weighted by atomic mass is 10.2. The van der Waals surface area contributed by atoms with Gasteiger partial charge in [-0.05, 0) is 46.3 Å². The van der Waals surface area contributed by atoms with E-state index in [4.69, 9.17) is 5.26 Å². The van der Waals surface area contributed by atoms with Crippen molar-refractivity contribution < 1.29 is 0 Å². The van der Waals surface area contributed by atoms with Gasteiger partial charge in [0.15, 0.2) is 0 Å². The molecule has 0 aliphatic heterocycles. The van der Waals surface area contributed by atoms with Crippen molar-refractivity contribution in [3.05, 3.63) is 52.8 Å². The summed E-state index contributed by atoms with van der Waals surface area (Å²) in [7, 11) is 1.96. The zero-order valence-electron chi connectivity index (χ0n) is 9.26. The summed E-state index contributed by atoms with van der Waals surface area (Å²) in [5.74, 6) is 0. The van der Waals surface area contributed by atoms with E-state index in [1.54, 1.807) is 18.5 Å². The Morgan fingerprint density at radius 2 is 2.12 bits per heavy atom. The average Bonchev–Trinajstić information content (AvgIpc) is 2.39. The van der Waals surface area contributed by atoms with Gasteiger partial charge >= 0.3 is 0 Å². The first kappa shape index (κ1) is 11.6. The number of nitrogens with zero attached hydrogens (tertiary/aromatic N) is 3. The number of aromatic nitrogens is 1. The average molecular weight is 288 g/mol. The molecule has 17 heavy (non-hydrogen) atoms. The van der Waals surface area contributed by atoms with E-state index in [9.17, 15) is 0 Å². The predicted molar refractivity (Wildman–Crippen MR) is 71.2 cm³/mol. The van der Waals surface area contributed by atoms with Gasteiger partial charge < -0.3 is 4.90 Å². The first-order valence-corrected chi connectivity index (χ1v) is 5.85. The number of hydrogen-bond donors (Lipinski definition) is 0. The Labute approximate surface area is 108 Å². The van der Waals surface area contributed by atoms with Crippen molar-refractivity contribution in [2.45, 2.75) is 0 Å². The number of benzene rings is 1. The minimum absolute atomic E-state index is 0.633. The summed E-state index contributed by atoms with van der Waals surface area (Å²) in [6, 6.07) is 11.6. The van der Waals surface area contributed by atoms with Gasteiger partial charge in [0.05, 0.1) is 17.4 Å². The van der Waals surface area contributed by atoms with Crippen molar-refractivity contribution in [1.82, 2.24) is 4.98 Å². The van der Waals surface area contributed by atoms with Crippen LogP contribution in [0.25, 0.3) is 0 Å². The van der Waals surface area contributed by atoms with Crippen LogP contribution < -0.4 is 4.90 Å². The summed E-state index contributed by atoms with van der Waals surface area (Å²) >= 11 is 3.38. The first-order chi connectivity index (χ1) is 8.22. The van der Waals surface area contributed by atoms with Gasteiger partial charge in [-0.15, -0.1) is 0 Å². The Morgan fingerprint density at radius 1 is 1.29 bits per heavy atom. The molecule has 0 bridgehead atoms. The number of anilines is 2. The second-order valence-corrected chi connectivity index (χ2v) is 4.40. The lowest BCUT2D eigenvalue weighted by Gasteiger charge is -2.19. The molecule has 0 saturated heterocycles. The molecule has 2 aromatic rings. The fourth-order valence-electron chi connectivity index (χ4n) is 1.50. The fourth-order valence-corrected chi connectivity index (χ4v) is 1.96. The molecule has 1 aromatic heterocycles. The minimum Gasteiger partial charge on any atom is -0.343 e. The molecule has 0 unspecified atom stereocenters. The zero-order chi connectivity index (χ0) is 12.3. The van der Waals surface area contributed by atoms with Crippen LogP contribution in [0, 0.1) is 11.3 Å². The largest absolute Gasteiger partial charge is 0.343 e. The summed E-state index contributed by atoms with van der Waals surface area (Å²) in [5, 5.41) is 8.86. The Hall–Kier alpha value is -1.86. The van der Waals surface area contributed by atoms with E-state index in [1.165, 1.54) is 0 Å².